The molecule has 0 bridgehead atoms. The summed E-state index contributed by atoms with van der Waals surface area (Å²) in [4.78, 5) is 18.7. The molecule has 0 saturated heterocycles. The van der Waals surface area contributed by atoms with Gasteiger partial charge < -0.3 is 0 Å². The van der Waals surface area contributed by atoms with Crippen molar-refractivity contribution in [2.75, 3.05) is 0 Å². The Kier molecular flexibility index (Phi) is 2.82. The van der Waals surface area contributed by atoms with E-state index in [-0.39, 0.29) is 10.6 Å². The Labute approximate surface area is 98.3 Å². The second-order valence-corrected chi connectivity index (χ2v) is 3.75. The highest BCUT2D eigenvalue weighted by molar-refractivity contribution is 5.63. The largest absolute Gasteiger partial charge is 0.272 e. The molecule has 86 valence electrons. The van der Waals surface area contributed by atoms with Gasteiger partial charge in [-0.2, -0.15) is 0 Å². The minimum atomic E-state index is -0.382. The summed E-state index contributed by atoms with van der Waals surface area (Å²) in [6.07, 6.45) is 1.64. The van der Waals surface area contributed by atoms with Gasteiger partial charge in [0.05, 0.1) is 10.6 Å². The lowest BCUT2D eigenvalue weighted by molar-refractivity contribution is -0.385. The number of rotatable bonds is 2. The second kappa shape index (κ2) is 4.29. The maximum absolute atomic E-state index is 10.8. The van der Waals surface area contributed by atoms with Crippen LogP contribution < -0.4 is 0 Å². The van der Waals surface area contributed by atoms with Gasteiger partial charge in [0.1, 0.15) is 5.82 Å². The second-order valence-electron chi connectivity index (χ2n) is 3.75. The van der Waals surface area contributed by atoms with Crippen molar-refractivity contribution in [2.45, 2.75) is 13.8 Å². The first-order chi connectivity index (χ1) is 8.08. The Bertz CT molecular complexity index is 582. The minimum absolute atomic E-state index is 0.110. The van der Waals surface area contributed by atoms with Crippen LogP contribution in [0.5, 0.6) is 0 Å². The molecule has 0 amide bonds. The molecule has 17 heavy (non-hydrogen) atoms. The smallest absolute Gasteiger partial charge is 0.258 e. The van der Waals surface area contributed by atoms with E-state index in [1.54, 1.807) is 32.2 Å². The normalized spacial score (nSPS) is 10.2. The summed E-state index contributed by atoms with van der Waals surface area (Å²) in [5.41, 5.74) is 2.18. The first-order valence-electron chi connectivity index (χ1n) is 5.13. The number of hydrogen-bond acceptors (Lipinski definition) is 4. The molecule has 0 aliphatic carbocycles. The van der Waals surface area contributed by atoms with E-state index in [2.05, 4.69) is 9.97 Å². The van der Waals surface area contributed by atoms with E-state index in [0.29, 0.717) is 17.1 Å². The average Bonchev–Trinajstić information content (AvgIpc) is 2.29. The number of benzene rings is 1. The van der Waals surface area contributed by atoms with Crippen molar-refractivity contribution in [1.29, 1.82) is 0 Å². The van der Waals surface area contributed by atoms with Crippen LogP contribution in [-0.4, -0.2) is 14.9 Å². The standard InChI is InChI=1S/C12H11N3O2/c1-8-3-4-10(7-12(8)15(16)17)11-5-6-13-9(2)14-11/h3-7H,1-2H3. The topological polar surface area (TPSA) is 68.9 Å². The summed E-state index contributed by atoms with van der Waals surface area (Å²) in [6.45, 7) is 3.50. The fraction of sp³-hybridized carbons (Fsp3) is 0.167. The molecule has 2 aromatic rings. The summed E-state index contributed by atoms with van der Waals surface area (Å²) in [5, 5.41) is 10.8. The Morgan fingerprint density at radius 3 is 2.65 bits per heavy atom. The van der Waals surface area contributed by atoms with Gasteiger partial charge in [0.15, 0.2) is 0 Å². The highest BCUT2D eigenvalue weighted by atomic mass is 16.6. The summed E-state index contributed by atoms with van der Waals surface area (Å²) in [5.74, 6) is 0.644. The molecule has 5 nitrogen and oxygen atoms in total. The number of nitro benzene ring substituents is 1. The molecule has 0 unspecified atom stereocenters. The van der Waals surface area contributed by atoms with E-state index in [4.69, 9.17) is 0 Å². The number of hydrogen-bond donors (Lipinski definition) is 0. The lowest BCUT2D eigenvalue weighted by atomic mass is 10.1. The molecule has 0 aliphatic heterocycles. The van der Waals surface area contributed by atoms with Gasteiger partial charge in [-0.05, 0) is 19.9 Å². The van der Waals surface area contributed by atoms with Gasteiger partial charge in [-0.3, -0.25) is 10.1 Å². The zero-order valence-electron chi connectivity index (χ0n) is 9.54. The number of nitrogens with zero attached hydrogens (tertiary/aromatic N) is 3. The molecule has 0 atom stereocenters. The van der Waals surface area contributed by atoms with E-state index in [9.17, 15) is 10.1 Å². The minimum Gasteiger partial charge on any atom is -0.258 e. The predicted molar refractivity (Wildman–Crippen MR) is 63.6 cm³/mol. The van der Waals surface area contributed by atoms with E-state index in [1.165, 1.54) is 6.07 Å². The molecular formula is C12H11N3O2. The highest BCUT2D eigenvalue weighted by Gasteiger charge is 2.12. The number of aromatic nitrogens is 2. The fourth-order valence-corrected chi connectivity index (χ4v) is 1.58. The van der Waals surface area contributed by atoms with E-state index in [0.717, 1.165) is 5.56 Å². The summed E-state index contributed by atoms with van der Waals surface area (Å²) in [6, 6.07) is 6.83. The molecule has 1 aromatic carbocycles. The lowest BCUT2D eigenvalue weighted by Crippen LogP contribution is -1.94. The third-order valence-electron chi connectivity index (χ3n) is 2.48. The first-order valence-corrected chi connectivity index (χ1v) is 5.13. The summed E-state index contributed by atoms with van der Waals surface area (Å²) in [7, 11) is 0. The molecular weight excluding hydrogens is 218 g/mol. The van der Waals surface area contributed by atoms with E-state index >= 15 is 0 Å². The van der Waals surface area contributed by atoms with Crippen molar-refractivity contribution in [3.63, 3.8) is 0 Å². The van der Waals surface area contributed by atoms with Crippen molar-refractivity contribution >= 4 is 5.69 Å². The molecule has 1 aromatic heterocycles. The van der Waals surface area contributed by atoms with Crippen LogP contribution in [0.1, 0.15) is 11.4 Å². The molecule has 1 heterocycles. The van der Waals surface area contributed by atoms with E-state index < -0.39 is 0 Å². The van der Waals surface area contributed by atoms with Gasteiger partial charge >= 0.3 is 0 Å². The van der Waals surface area contributed by atoms with Crippen LogP contribution in [0, 0.1) is 24.0 Å². The summed E-state index contributed by atoms with van der Waals surface area (Å²) < 4.78 is 0. The summed E-state index contributed by atoms with van der Waals surface area (Å²) >= 11 is 0. The van der Waals surface area contributed by atoms with Gasteiger partial charge in [0.25, 0.3) is 5.69 Å². The fourth-order valence-electron chi connectivity index (χ4n) is 1.58. The van der Waals surface area contributed by atoms with Crippen LogP contribution in [0.25, 0.3) is 11.3 Å². The monoisotopic (exact) mass is 229 g/mol. The van der Waals surface area contributed by atoms with E-state index in [1.807, 2.05) is 6.07 Å². The molecule has 0 spiro atoms. The van der Waals surface area contributed by atoms with Crippen LogP contribution >= 0.6 is 0 Å². The van der Waals surface area contributed by atoms with Gasteiger partial charge in [-0.15, -0.1) is 0 Å². The van der Waals surface area contributed by atoms with Crippen molar-refractivity contribution in [3.8, 4) is 11.3 Å². The Balaban J connectivity index is 2.54. The highest BCUT2D eigenvalue weighted by Crippen LogP contribution is 2.25. The quantitative estimate of drug-likeness (QED) is 0.586. The van der Waals surface area contributed by atoms with Crippen molar-refractivity contribution in [3.05, 3.63) is 52.0 Å². The SMILES string of the molecule is Cc1nccc(-c2ccc(C)c([N+](=O)[O-])c2)n1. The third-order valence-corrected chi connectivity index (χ3v) is 2.48. The number of nitro groups is 1. The average molecular weight is 229 g/mol. The molecule has 0 N–H and O–H groups in total. The van der Waals surface area contributed by atoms with Gasteiger partial charge in [0.2, 0.25) is 0 Å². The first kappa shape index (κ1) is 11.2. The van der Waals surface area contributed by atoms with Gasteiger partial charge in [-0.1, -0.05) is 12.1 Å². The van der Waals surface area contributed by atoms with Crippen LogP contribution in [0.4, 0.5) is 5.69 Å². The van der Waals surface area contributed by atoms with Gasteiger partial charge in [-0.25, -0.2) is 9.97 Å². The maximum atomic E-state index is 10.8. The van der Waals surface area contributed by atoms with Crippen molar-refractivity contribution in [2.24, 2.45) is 0 Å². The molecule has 0 aliphatic rings. The molecule has 5 heteroatoms. The third kappa shape index (κ3) is 2.28. The Morgan fingerprint density at radius 2 is 2.00 bits per heavy atom. The Hall–Kier alpha value is -2.30. The Morgan fingerprint density at radius 1 is 1.24 bits per heavy atom. The molecule has 0 saturated carbocycles. The zero-order chi connectivity index (χ0) is 12.4. The predicted octanol–water partition coefficient (Wildman–Crippen LogP) is 2.67. The van der Waals surface area contributed by atoms with Crippen LogP contribution in [-0.2, 0) is 0 Å². The molecule has 0 fully saturated rings. The molecule has 2 rings (SSSR count). The van der Waals surface area contributed by atoms with Crippen LogP contribution in [0.2, 0.25) is 0 Å². The van der Waals surface area contributed by atoms with Crippen molar-refractivity contribution < 1.29 is 4.92 Å². The van der Waals surface area contributed by atoms with Crippen LogP contribution in [0.15, 0.2) is 30.5 Å². The van der Waals surface area contributed by atoms with Crippen molar-refractivity contribution in [1.82, 2.24) is 9.97 Å². The maximum Gasteiger partial charge on any atom is 0.272 e. The molecule has 0 radical (unpaired) electrons. The lowest BCUT2D eigenvalue weighted by Gasteiger charge is -2.03. The van der Waals surface area contributed by atoms with Crippen LogP contribution in [0.3, 0.4) is 0 Å². The zero-order valence-corrected chi connectivity index (χ0v) is 9.54. The van der Waals surface area contributed by atoms with Gasteiger partial charge in [0, 0.05) is 23.4 Å². The number of aryl methyl sites for hydroxylation is 2.